The van der Waals surface area contributed by atoms with E-state index in [-0.39, 0.29) is 0 Å². The van der Waals surface area contributed by atoms with Gasteiger partial charge in [-0.2, -0.15) is 0 Å². The van der Waals surface area contributed by atoms with Crippen LogP contribution >= 0.6 is 0 Å². The van der Waals surface area contributed by atoms with Crippen LogP contribution in [0.4, 0.5) is 0 Å². The lowest BCUT2D eigenvalue weighted by molar-refractivity contribution is 0.201. The molecule has 17 heavy (non-hydrogen) atoms. The summed E-state index contributed by atoms with van der Waals surface area (Å²) >= 11 is 0. The van der Waals surface area contributed by atoms with Gasteiger partial charge < -0.3 is 10.1 Å². The zero-order valence-corrected chi connectivity index (χ0v) is 9.30. The van der Waals surface area contributed by atoms with Crippen LogP contribution in [0.5, 0.6) is 0 Å². The number of rotatable bonds is 1. The summed E-state index contributed by atoms with van der Waals surface area (Å²) in [5.41, 5.74) is 3.82. The number of aliphatic hydroxyl groups excluding tert-OH is 1. The molecule has 1 atom stereocenters. The second-order valence-corrected chi connectivity index (χ2v) is 4.18. The fraction of sp³-hybridized carbons (Fsp3) is 0.231. The number of aromatic nitrogens is 3. The molecule has 2 N–H and O–H groups in total. The lowest BCUT2D eigenvalue weighted by atomic mass is 9.89. The van der Waals surface area contributed by atoms with Crippen molar-refractivity contribution in [2.75, 3.05) is 0 Å². The molecule has 1 unspecified atom stereocenters. The number of pyridine rings is 1. The molecule has 4 nitrogen and oxygen atoms in total. The van der Waals surface area contributed by atoms with Gasteiger partial charge in [-0.05, 0) is 36.1 Å². The van der Waals surface area contributed by atoms with Crippen LogP contribution in [0.25, 0.3) is 6.08 Å². The predicted octanol–water partition coefficient (Wildman–Crippen LogP) is 1.87. The molecule has 86 valence electrons. The van der Waals surface area contributed by atoms with Crippen molar-refractivity contribution in [2.45, 2.75) is 18.9 Å². The molecule has 4 heteroatoms. The van der Waals surface area contributed by atoms with Crippen molar-refractivity contribution in [3.05, 3.63) is 53.4 Å². The summed E-state index contributed by atoms with van der Waals surface area (Å²) in [6, 6.07) is 3.94. The van der Waals surface area contributed by atoms with E-state index in [9.17, 15) is 5.11 Å². The van der Waals surface area contributed by atoms with Crippen molar-refractivity contribution in [3.8, 4) is 0 Å². The maximum absolute atomic E-state index is 10.3. The second-order valence-electron chi connectivity index (χ2n) is 4.18. The first-order chi connectivity index (χ1) is 8.34. The highest BCUT2D eigenvalue weighted by Gasteiger charge is 2.23. The number of fused-ring (bicyclic) bond motifs is 1. The molecule has 0 bridgehead atoms. The van der Waals surface area contributed by atoms with Crippen LogP contribution in [0.15, 0.2) is 36.4 Å². The minimum Gasteiger partial charge on any atom is -0.382 e. The molecule has 0 fully saturated rings. The van der Waals surface area contributed by atoms with Crippen LogP contribution < -0.4 is 0 Å². The third kappa shape index (κ3) is 1.87. The molecular formula is C13H13N3O. The fourth-order valence-electron chi connectivity index (χ4n) is 2.20. The smallest absolute Gasteiger partial charge is 0.118 e. The Balaban J connectivity index is 1.97. The Kier molecular flexibility index (Phi) is 2.49. The quantitative estimate of drug-likeness (QED) is 0.781. The van der Waals surface area contributed by atoms with Crippen LogP contribution in [0.2, 0.25) is 0 Å². The van der Waals surface area contributed by atoms with E-state index in [1.54, 1.807) is 18.7 Å². The highest BCUT2D eigenvalue weighted by atomic mass is 16.3. The molecule has 0 radical (unpaired) electrons. The van der Waals surface area contributed by atoms with Gasteiger partial charge in [-0.25, -0.2) is 4.98 Å². The Hall–Kier alpha value is -1.94. The van der Waals surface area contributed by atoms with Gasteiger partial charge in [-0.3, -0.25) is 4.98 Å². The fourth-order valence-corrected chi connectivity index (χ4v) is 2.20. The van der Waals surface area contributed by atoms with Gasteiger partial charge >= 0.3 is 0 Å². The van der Waals surface area contributed by atoms with E-state index < -0.39 is 6.10 Å². The van der Waals surface area contributed by atoms with Gasteiger partial charge in [0.1, 0.15) is 6.10 Å². The Labute approximate surface area is 99.1 Å². The summed E-state index contributed by atoms with van der Waals surface area (Å²) in [5, 5.41) is 10.3. The molecule has 1 aliphatic carbocycles. The summed E-state index contributed by atoms with van der Waals surface area (Å²) in [5.74, 6) is 0. The van der Waals surface area contributed by atoms with E-state index in [1.165, 1.54) is 0 Å². The van der Waals surface area contributed by atoms with Gasteiger partial charge in [-0.1, -0.05) is 6.07 Å². The molecule has 0 amide bonds. The molecule has 3 rings (SSSR count). The zero-order valence-electron chi connectivity index (χ0n) is 9.30. The first-order valence-corrected chi connectivity index (χ1v) is 5.65. The maximum atomic E-state index is 10.3. The van der Waals surface area contributed by atoms with E-state index in [4.69, 9.17) is 0 Å². The van der Waals surface area contributed by atoms with Gasteiger partial charge in [0.15, 0.2) is 0 Å². The van der Waals surface area contributed by atoms with E-state index in [0.717, 1.165) is 35.4 Å². The average molecular weight is 227 g/mol. The highest BCUT2D eigenvalue weighted by Crippen LogP contribution is 2.33. The van der Waals surface area contributed by atoms with Crippen molar-refractivity contribution in [1.29, 1.82) is 0 Å². The monoisotopic (exact) mass is 227 g/mol. The first kappa shape index (κ1) is 10.2. The molecule has 2 aromatic rings. The van der Waals surface area contributed by atoms with Crippen LogP contribution in [0, 0.1) is 0 Å². The SMILES string of the molecule is OC1/C(=C/c2cnc[nH]2)CCc2cccnc21. The van der Waals surface area contributed by atoms with Gasteiger partial charge in [-0.15, -0.1) is 0 Å². The number of aliphatic hydroxyl groups is 1. The van der Waals surface area contributed by atoms with Gasteiger partial charge in [0.05, 0.1) is 23.9 Å². The number of nitrogens with one attached hydrogen (secondary N) is 1. The summed E-state index contributed by atoms with van der Waals surface area (Å²) in [7, 11) is 0. The molecule has 0 saturated heterocycles. The Morgan fingerprint density at radius 1 is 1.41 bits per heavy atom. The van der Waals surface area contributed by atoms with Crippen molar-refractivity contribution >= 4 is 6.08 Å². The number of aryl methyl sites for hydroxylation is 1. The van der Waals surface area contributed by atoms with Crippen LogP contribution in [-0.4, -0.2) is 20.1 Å². The van der Waals surface area contributed by atoms with Crippen LogP contribution in [-0.2, 0) is 6.42 Å². The maximum Gasteiger partial charge on any atom is 0.118 e. The van der Waals surface area contributed by atoms with Gasteiger partial charge in [0, 0.05) is 6.20 Å². The van der Waals surface area contributed by atoms with Crippen molar-refractivity contribution in [1.82, 2.24) is 15.0 Å². The Bertz CT molecular complexity index is 546. The Morgan fingerprint density at radius 2 is 2.35 bits per heavy atom. The molecular weight excluding hydrogens is 214 g/mol. The van der Waals surface area contributed by atoms with E-state index in [0.29, 0.717) is 0 Å². The standard InChI is InChI=1S/C13H13N3O/c17-13-10(6-11-7-14-8-16-11)4-3-9-2-1-5-15-12(9)13/h1-2,5-8,13,17H,3-4H2,(H,14,16)/b10-6+. The minimum atomic E-state index is -0.594. The predicted molar refractivity (Wildman–Crippen MR) is 64.1 cm³/mol. The number of hydrogen-bond acceptors (Lipinski definition) is 3. The largest absolute Gasteiger partial charge is 0.382 e. The highest BCUT2D eigenvalue weighted by molar-refractivity contribution is 5.52. The van der Waals surface area contributed by atoms with E-state index >= 15 is 0 Å². The van der Waals surface area contributed by atoms with E-state index in [2.05, 4.69) is 15.0 Å². The summed E-state index contributed by atoms with van der Waals surface area (Å²) in [6.07, 6.45) is 8.25. The third-order valence-electron chi connectivity index (χ3n) is 3.08. The third-order valence-corrected chi connectivity index (χ3v) is 3.08. The number of hydrogen-bond donors (Lipinski definition) is 2. The van der Waals surface area contributed by atoms with Crippen molar-refractivity contribution in [2.24, 2.45) is 0 Å². The van der Waals surface area contributed by atoms with Crippen molar-refractivity contribution in [3.63, 3.8) is 0 Å². The summed E-state index contributed by atoms with van der Waals surface area (Å²) < 4.78 is 0. The molecule has 0 saturated carbocycles. The topological polar surface area (TPSA) is 61.8 Å². The van der Waals surface area contributed by atoms with Crippen LogP contribution in [0.1, 0.15) is 29.5 Å². The minimum absolute atomic E-state index is 0.594. The van der Waals surface area contributed by atoms with Crippen molar-refractivity contribution < 1.29 is 5.11 Å². The van der Waals surface area contributed by atoms with Crippen LogP contribution in [0.3, 0.4) is 0 Å². The second kappa shape index (κ2) is 4.14. The lowest BCUT2D eigenvalue weighted by Crippen LogP contribution is -2.13. The molecule has 2 aromatic heterocycles. The number of imidazole rings is 1. The number of aromatic amines is 1. The number of H-pyrrole nitrogens is 1. The molecule has 0 spiro atoms. The van der Waals surface area contributed by atoms with E-state index in [1.807, 2.05) is 18.2 Å². The number of nitrogens with zero attached hydrogens (tertiary/aromatic N) is 2. The average Bonchev–Trinajstić information content (AvgIpc) is 2.86. The molecule has 2 heterocycles. The zero-order chi connectivity index (χ0) is 11.7. The molecule has 0 aliphatic heterocycles. The molecule has 0 aromatic carbocycles. The Morgan fingerprint density at radius 3 is 3.18 bits per heavy atom. The van der Waals surface area contributed by atoms with Gasteiger partial charge in [0.25, 0.3) is 0 Å². The summed E-state index contributed by atoms with van der Waals surface area (Å²) in [6.45, 7) is 0. The summed E-state index contributed by atoms with van der Waals surface area (Å²) in [4.78, 5) is 11.2. The first-order valence-electron chi connectivity index (χ1n) is 5.65. The molecule has 1 aliphatic rings. The normalized spacial score (nSPS) is 21.5. The van der Waals surface area contributed by atoms with Gasteiger partial charge in [0.2, 0.25) is 0 Å². The lowest BCUT2D eigenvalue weighted by Gasteiger charge is -2.23.